The molecule has 1 aromatic carbocycles. The average Bonchev–Trinajstić information content (AvgIpc) is 3.23. The molecule has 0 fully saturated rings. The zero-order valence-electron chi connectivity index (χ0n) is 11.8. The first-order chi connectivity index (χ1) is 10.8. The lowest BCUT2D eigenvalue weighted by Gasteiger charge is -2.03. The van der Waals surface area contributed by atoms with Crippen LogP contribution in [0.25, 0.3) is 10.8 Å². The Morgan fingerprint density at radius 1 is 1.32 bits per heavy atom. The number of carbonyl (C=O) groups is 1. The number of ether oxygens (including phenoxy) is 1. The molecule has 2 heterocycles. The van der Waals surface area contributed by atoms with E-state index in [0.29, 0.717) is 23.0 Å². The third kappa shape index (κ3) is 3.15. The number of hydrogen-bond acceptors (Lipinski definition) is 6. The molecule has 3 aromatic rings. The standard InChI is InChI=1S/C15H13N3O3S/c1-20-11-6-4-10(5-7-11)14(19)16-9-13-17-15(21-18-13)12-3-2-8-22-12/h2-8H,9H2,1H3,(H,16,19). The molecular weight excluding hydrogens is 302 g/mol. The second-order valence-corrected chi connectivity index (χ2v) is 5.35. The van der Waals surface area contributed by atoms with Crippen LogP contribution >= 0.6 is 11.3 Å². The summed E-state index contributed by atoms with van der Waals surface area (Å²) in [4.78, 5) is 17.2. The minimum atomic E-state index is -0.204. The second kappa shape index (κ2) is 6.40. The van der Waals surface area contributed by atoms with Gasteiger partial charge in [0.1, 0.15) is 5.75 Å². The van der Waals surface area contributed by atoms with Crippen molar-refractivity contribution in [3.8, 4) is 16.5 Å². The lowest BCUT2D eigenvalue weighted by Crippen LogP contribution is -2.23. The Balaban J connectivity index is 1.61. The molecule has 2 aromatic heterocycles. The quantitative estimate of drug-likeness (QED) is 0.783. The topological polar surface area (TPSA) is 77.2 Å². The van der Waals surface area contributed by atoms with Gasteiger partial charge in [0.05, 0.1) is 18.5 Å². The number of rotatable bonds is 5. The van der Waals surface area contributed by atoms with Gasteiger partial charge in [0.25, 0.3) is 11.8 Å². The first-order valence-corrected chi connectivity index (χ1v) is 7.43. The third-order valence-electron chi connectivity index (χ3n) is 2.96. The summed E-state index contributed by atoms with van der Waals surface area (Å²) < 4.78 is 10.2. The highest BCUT2D eigenvalue weighted by Gasteiger charge is 2.11. The van der Waals surface area contributed by atoms with Crippen molar-refractivity contribution in [2.75, 3.05) is 7.11 Å². The molecule has 0 saturated carbocycles. The maximum atomic E-state index is 12.0. The van der Waals surface area contributed by atoms with Gasteiger partial charge in [0.2, 0.25) is 0 Å². The molecule has 0 radical (unpaired) electrons. The molecule has 0 aliphatic carbocycles. The van der Waals surface area contributed by atoms with Gasteiger partial charge < -0.3 is 14.6 Å². The van der Waals surface area contributed by atoms with Gasteiger partial charge in [-0.15, -0.1) is 11.3 Å². The highest BCUT2D eigenvalue weighted by Crippen LogP contribution is 2.22. The van der Waals surface area contributed by atoms with E-state index in [2.05, 4.69) is 15.5 Å². The fourth-order valence-electron chi connectivity index (χ4n) is 1.83. The molecular formula is C15H13N3O3S. The van der Waals surface area contributed by atoms with E-state index in [4.69, 9.17) is 9.26 Å². The molecule has 0 unspecified atom stereocenters. The molecule has 0 aliphatic rings. The van der Waals surface area contributed by atoms with E-state index in [-0.39, 0.29) is 12.5 Å². The minimum Gasteiger partial charge on any atom is -0.497 e. The van der Waals surface area contributed by atoms with Crippen LogP contribution in [0.2, 0.25) is 0 Å². The predicted octanol–water partition coefficient (Wildman–Crippen LogP) is 2.74. The fourth-order valence-corrected chi connectivity index (χ4v) is 2.47. The lowest BCUT2D eigenvalue weighted by molar-refractivity contribution is 0.0949. The van der Waals surface area contributed by atoms with Crippen LogP contribution in [0.1, 0.15) is 16.2 Å². The summed E-state index contributed by atoms with van der Waals surface area (Å²) in [6, 6.07) is 10.7. The number of thiophene rings is 1. The molecule has 3 rings (SSSR count). The highest BCUT2D eigenvalue weighted by atomic mass is 32.1. The van der Waals surface area contributed by atoms with Crippen molar-refractivity contribution in [3.63, 3.8) is 0 Å². The number of hydrogen-bond donors (Lipinski definition) is 1. The average molecular weight is 315 g/mol. The van der Waals surface area contributed by atoms with Crippen molar-refractivity contribution in [2.24, 2.45) is 0 Å². The summed E-state index contributed by atoms with van der Waals surface area (Å²) in [7, 11) is 1.58. The van der Waals surface area contributed by atoms with Gasteiger partial charge in [-0.25, -0.2) is 0 Å². The molecule has 112 valence electrons. The SMILES string of the molecule is COc1ccc(C(=O)NCc2noc(-c3cccs3)n2)cc1. The molecule has 0 atom stereocenters. The Morgan fingerprint density at radius 3 is 2.82 bits per heavy atom. The summed E-state index contributed by atoms with van der Waals surface area (Å²) in [5.74, 6) is 1.40. The van der Waals surface area contributed by atoms with E-state index in [0.717, 1.165) is 4.88 Å². The number of nitrogens with zero attached hydrogens (tertiary/aromatic N) is 2. The number of nitrogens with one attached hydrogen (secondary N) is 1. The van der Waals surface area contributed by atoms with Gasteiger partial charge in [-0.05, 0) is 35.7 Å². The predicted molar refractivity (Wildman–Crippen MR) is 81.8 cm³/mol. The first-order valence-electron chi connectivity index (χ1n) is 6.55. The number of amides is 1. The Bertz CT molecular complexity index is 751. The highest BCUT2D eigenvalue weighted by molar-refractivity contribution is 7.13. The molecule has 22 heavy (non-hydrogen) atoms. The summed E-state index contributed by atoms with van der Waals surface area (Å²) in [6.07, 6.45) is 0. The number of aromatic nitrogens is 2. The number of benzene rings is 1. The lowest BCUT2D eigenvalue weighted by atomic mass is 10.2. The van der Waals surface area contributed by atoms with Gasteiger partial charge >= 0.3 is 0 Å². The molecule has 0 aliphatic heterocycles. The van der Waals surface area contributed by atoms with E-state index < -0.39 is 0 Å². The van der Waals surface area contributed by atoms with Crippen LogP contribution in [0.3, 0.4) is 0 Å². The van der Waals surface area contributed by atoms with Crippen LogP contribution < -0.4 is 10.1 Å². The van der Waals surface area contributed by atoms with Crippen LogP contribution in [0.15, 0.2) is 46.3 Å². The maximum Gasteiger partial charge on any atom is 0.268 e. The summed E-state index contributed by atoms with van der Waals surface area (Å²) in [5.41, 5.74) is 0.544. The summed E-state index contributed by atoms with van der Waals surface area (Å²) in [6.45, 7) is 0.208. The van der Waals surface area contributed by atoms with Crippen LogP contribution in [-0.2, 0) is 6.54 Å². The molecule has 6 nitrogen and oxygen atoms in total. The largest absolute Gasteiger partial charge is 0.497 e. The molecule has 7 heteroatoms. The van der Waals surface area contributed by atoms with E-state index in [1.54, 1.807) is 31.4 Å². The third-order valence-corrected chi connectivity index (χ3v) is 3.82. The minimum absolute atomic E-state index is 0.204. The number of carbonyl (C=O) groups excluding carboxylic acids is 1. The van der Waals surface area contributed by atoms with Crippen LogP contribution in [0.5, 0.6) is 5.75 Å². The Kier molecular flexibility index (Phi) is 4.15. The van der Waals surface area contributed by atoms with Gasteiger partial charge in [-0.2, -0.15) is 4.98 Å². The van der Waals surface area contributed by atoms with E-state index >= 15 is 0 Å². The molecule has 0 spiro atoms. The van der Waals surface area contributed by atoms with E-state index in [1.807, 2.05) is 17.5 Å². The van der Waals surface area contributed by atoms with Gasteiger partial charge in [0, 0.05) is 5.56 Å². The normalized spacial score (nSPS) is 10.4. The monoisotopic (exact) mass is 315 g/mol. The van der Waals surface area contributed by atoms with Crippen LogP contribution in [0, 0.1) is 0 Å². The zero-order valence-corrected chi connectivity index (χ0v) is 12.6. The van der Waals surface area contributed by atoms with Crippen molar-refractivity contribution in [3.05, 3.63) is 53.2 Å². The van der Waals surface area contributed by atoms with Crippen molar-refractivity contribution in [1.29, 1.82) is 0 Å². The van der Waals surface area contributed by atoms with Crippen LogP contribution in [0.4, 0.5) is 0 Å². The Hall–Kier alpha value is -2.67. The van der Waals surface area contributed by atoms with Gasteiger partial charge in [-0.3, -0.25) is 4.79 Å². The van der Waals surface area contributed by atoms with E-state index in [1.165, 1.54) is 11.3 Å². The smallest absolute Gasteiger partial charge is 0.268 e. The maximum absolute atomic E-state index is 12.0. The molecule has 1 amide bonds. The molecule has 0 bridgehead atoms. The molecule has 0 saturated heterocycles. The van der Waals surface area contributed by atoms with Gasteiger partial charge in [0.15, 0.2) is 5.82 Å². The summed E-state index contributed by atoms with van der Waals surface area (Å²) in [5, 5.41) is 8.54. The summed E-state index contributed by atoms with van der Waals surface area (Å²) >= 11 is 1.52. The second-order valence-electron chi connectivity index (χ2n) is 4.40. The van der Waals surface area contributed by atoms with E-state index in [9.17, 15) is 4.79 Å². The van der Waals surface area contributed by atoms with Crippen molar-refractivity contribution < 1.29 is 14.1 Å². The molecule has 1 N–H and O–H groups in total. The van der Waals surface area contributed by atoms with Crippen LogP contribution in [-0.4, -0.2) is 23.2 Å². The number of methoxy groups -OCH3 is 1. The Labute approximate surface area is 130 Å². The first kappa shape index (κ1) is 14.3. The van der Waals surface area contributed by atoms with Crippen molar-refractivity contribution in [2.45, 2.75) is 6.54 Å². The van der Waals surface area contributed by atoms with Gasteiger partial charge in [-0.1, -0.05) is 11.2 Å². The fraction of sp³-hybridized carbons (Fsp3) is 0.133. The van der Waals surface area contributed by atoms with Crippen molar-refractivity contribution in [1.82, 2.24) is 15.5 Å². The zero-order chi connectivity index (χ0) is 15.4. The van der Waals surface area contributed by atoms with Crippen molar-refractivity contribution >= 4 is 17.2 Å². The Morgan fingerprint density at radius 2 is 2.14 bits per heavy atom.